The smallest absolute Gasteiger partial charge is 0.0681 e. The van der Waals surface area contributed by atoms with Gasteiger partial charge in [0.15, 0.2) is 0 Å². The van der Waals surface area contributed by atoms with Gasteiger partial charge in [0.2, 0.25) is 0 Å². The summed E-state index contributed by atoms with van der Waals surface area (Å²) in [6, 6.07) is 12.8. The van der Waals surface area contributed by atoms with Gasteiger partial charge in [0, 0.05) is 6.20 Å². The number of pyridine rings is 1. The van der Waals surface area contributed by atoms with E-state index in [0.717, 1.165) is 5.69 Å². The van der Waals surface area contributed by atoms with E-state index in [1.165, 1.54) is 16.7 Å². The molecule has 3 rings (SSSR count). The third-order valence-corrected chi connectivity index (χ3v) is 3.20. The van der Waals surface area contributed by atoms with Gasteiger partial charge in [-0.1, -0.05) is 36.4 Å². The molecule has 17 heavy (non-hydrogen) atoms. The zero-order valence-corrected chi connectivity index (χ0v) is 9.72. The standard InChI is InChI=1S/C15H14N2/c1-16-15-12-6-3-2-5-11(12)8-9-14-13(15)7-4-10-17-14/h2-10,15-16H,1H3. The number of nitrogens with one attached hydrogen (secondary N) is 1. The van der Waals surface area contributed by atoms with Crippen molar-refractivity contribution in [1.82, 2.24) is 10.3 Å². The first kappa shape index (κ1) is 10.2. The zero-order chi connectivity index (χ0) is 11.7. The van der Waals surface area contributed by atoms with Crippen molar-refractivity contribution >= 4 is 12.2 Å². The molecule has 0 radical (unpaired) electrons. The van der Waals surface area contributed by atoms with E-state index in [1.807, 2.05) is 19.3 Å². The van der Waals surface area contributed by atoms with Crippen molar-refractivity contribution < 1.29 is 0 Å². The molecule has 2 heteroatoms. The molecule has 1 aromatic carbocycles. The van der Waals surface area contributed by atoms with Gasteiger partial charge in [0.25, 0.3) is 0 Å². The predicted molar refractivity (Wildman–Crippen MR) is 70.5 cm³/mol. The van der Waals surface area contributed by atoms with Gasteiger partial charge in [0.1, 0.15) is 0 Å². The maximum Gasteiger partial charge on any atom is 0.0681 e. The Morgan fingerprint density at radius 2 is 1.82 bits per heavy atom. The van der Waals surface area contributed by atoms with E-state index >= 15 is 0 Å². The van der Waals surface area contributed by atoms with Crippen molar-refractivity contribution in [2.45, 2.75) is 6.04 Å². The number of hydrogen-bond donors (Lipinski definition) is 1. The third kappa shape index (κ3) is 1.67. The third-order valence-electron chi connectivity index (χ3n) is 3.20. The molecule has 84 valence electrons. The van der Waals surface area contributed by atoms with Crippen LogP contribution in [0.1, 0.15) is 28.4 Å². The fourth-order valence-electron chi connectivity index (χ4n) is 2.39. The molecule has 0 aliphatic heterocycles. The average Bonchev–Trinajstić information content (AvgIpc) is 2.55. The molecule has 1 aliphatic carbocycles. The molecule has 0 fully saturated rings. The monoisotopic (exact) mass is 222 g/mol. The molecule has 2 nitrogen and oxygen atoms in total. The molecule has 0 amide bonds. The minimum Gasteiger partial charge on any atom is -0.309 e. The van der Waals surface area contributed by atoms with E-state index < -0.39 is 0 Å². The van der Waals surface area contributed by atoms with Crippen molar-refractivity contribution in [3.63, 3.8) is 0 Å². The number of rotatable bonds is 1. The maximum absolute atomic E-state index is 4.43. The van der Waals surface area contributed by atoms with Crippen LogP contribution in [0, 0.1) is 0 Å². The van der Waals surface area contributed by atoms with Gasteiger partial charge in [-0.05, 0) is 35.9 Å². The van der Waals surface area contributed by atoms with Crippen LogP contribution in [0.3, 0.4) is 0 Å². The Morgan fingerprint density at radius 1 is 1.00 bits per heavy atom. The van der Waals surface area contributed by atoms with E-state index in [0.29, 0.717) is 0 Å². The average molecular weight is 222 g/mol. The van der Waals surface area contributed by atoms with E-state index in [4.69, 9.17) is 0 Å². The zero-order valence-electron chi connectivity index (χ0n) is 9.72. The van der Waals surface area contributed by atoms with Crippen LogP contribution in [0.5, 0.6) is 0 Å². The molecule has 2 aromatic rings. The normalized spacial score (nSPS) is 17.1. The lowest BCUT2D eigenvalue weighted by Gasteiger charge is -2.18. The quantitative estimate of drug-likeness (QED) is 0.802. The second-order valence-electron chi connectivity index (χ2n) is 4.16. The van der Waals surface area contributed by atoms with Gasteiger partial charge >= 0.3 is 0 Å². The van der Waals surface area contributed by atoms with Crippen LogP contribution in [0.2, 0.25) is 0 Å². The van der Waals surface area contributed by atoms with Crippen molar-refractivity contribution in [2.24, 2.45) is 0 Å². The SMILES string of the molecule is CNC1c2ccccc2C=Cc2ncccc21. The fourth-order valence-corrected chi connectivity index (χ4v) is 2.39. The molecule has 1 unspecified atom stereocenters. The molecule has 1 N–H and O–H groups in total. The first-order chi connectivity index (χ1) is 8.40. The van der Waals surface area contributed by atoms with Gasteiger partial charge in [-0.2, -0.15) is 0 Å². The second kappa shape index (κ2) is 4.15. The Labute approximate surface area is 101 Å². The van der Waals surface area contributed by atoms with E-state index in [-0.39, 0.29) is 6.04 Å². The van der Waals surface area contributed by atoms with E-state index in [2.05, 4.69) is 52.8 Å². The Hall–Kier alpha value is -1.93. The van der Waals surface area contributed by atoms with Crippen LogP contribution in [0.25, 0.3) is 12.2 Å². The van der Waals surface area contributed by atoms with Crippen LogP contribution in [-0.4, -0.2) is 12.0 Å². The molecule has 0 spiro atoms. The Bertz CT molecular complexity index is 523. The Morgan fingerprint density at radius 3 is 2.71 bits per heavy atom. The highest BCUT2D eigenvalue weighted by molar-refractivity contribution is 5.74. The summed E-state index contributed by atoms with van der Waals surface area (Å²) in [5, 5.41) is 3.38. The molecule has 1 aromatic heterocycles. The first-order valence-corrected chi connectivity index (χ1v) is 5.79. The lowest BCUT2D eigenvalue weighted by Crippen LogP contribution is -2.19. The molecule has 1 heterocycles. The highest BCUT2D eigenvalue weighted by Crippen LogP contribution is 2.31. The van der Waals surface area contributed by atoms with Crippen LogP contribution in [0.15, 0.2) is 42.6 Å². The first-order valence-electron chi connectivity index (χ1n) is 5.79. The highest BCUT2D eigenvalue weighted by Gasteiger charge is 2.19. The summed E-state index contributed by atoms with van der Waals surface area (Å²) < 4.78 is 0. The Kier molecular flexibility index (Phi) is 2.50. The highest BCUT2D eigenvalue weighted by atomic mass is 14.9. The van der Waals surface area contributed by atoms with E-state index in [1.54, 1.807) is 0 Å². The topological polar surface area (TPSA) is 24.9 Å². The summed E-state index contributed by atoms with van der Waals surface area (Å²) in [5.74, 6) is 0. The van der Waals surface area contributed by atoms with Gasteiger partial charge in [0.05, 0.1) is 11.7 Å². The van der Waals surface area contributed by atoms with Crippen LogP contribution < -0.4 is 5.32 Å². The predicted octanol–water partition coefficient (Wildman–Crippen LogP) is 2.87. The number of nitrogens with zero attached hydrogens (tertiary/aromatic N) is 1. The van der Waals surface area contributed by atoms with Gasteiger partial charge < -0.3 is 5.32 Å². The van der Waals surface area contributed by atoms with E-state index in [9.17, 15) is 0 Å². The summed E-state index contributed by atoms with van der Waals surface area (Å²) in [6.07, 6.45) is 6.07. The molecular weight excluding hydrogens is 208 g/mol. The maximum atomic E-state index is 4.43. The number of fused-ring (bicyclic) bond motifs is 2. The van der Waals surface area contributed by atoms with Crippen LogP contribution >= 0.6 is 0 Å². The van der Waals surface area contributed by atoms with Gasteiger partial charge in [-0.25, -0.2) is 0 Å². The second-order valence-corrected chi connectivity index (χ2v) is 4.16. The summed E-state index contributed by atoms with van der Waals surface area (Å²) in [4.78, 5) is 4.43. The largest absolute Gasteiger partial charge is 0.309 e. The molecule has 0 bridgehead atoms. The van der Waals surface area contributed by atoms with Crippen LogP contribution in [0.4, 0.5) is 0 Å². The minimum atomic E-state index is 0.213. The minimum absolute atomic E-state index is 0.213. The molecule has 1 atom stereocenters. The summed E-state index contributed by atoms with van der Waals surface area (Å²) in [6.45, 7) is 0. The number of benzene rings is 1. The van der Waals surface area contributed by atoms with Gasteiger partial charge in [-0.15, -0.1) is 0 Å². The van der Waals surface area contributed by atoms with Crippen molar-refractivity contribution in [2.75, 3.05) is 7.05 Å². The van der Waals surface area contributed by atoms with Gasteiger partial charge in [-0.3, -0.25) is 4.98 Å². The van der Waals surface area contributed by atoms with Crippen LogP contribution in [-0.2, 0) is 0 Å². The number of aromatic nitrogens is 1. The van der Waals surface area contributed by atoms with Crippen molar-refractivity contribution in [3.8, 4) is 0 Å². The molecule has 0 saturated carbocycles. The molecule has 0 saturated heterocycles. The number of hydrogen-bond acceptors (Lipinski definition) is 2. The Balaban J connectivity index is 2.25. The lowest BCUT2D eigenvalue weighted by molar-refractivity contribution is 0.687. The summed E-state index contributed by atoms with van der Waals surface area (Å²) in [5.41, 5.74) is 4.84. The fraction of sp³-hybridized carbons (Fsp3) is 0.133. The molecule has 1 aliphatic rings. The van der Waals surface area contributed by atoms with Crippen molar-refractivity contribution in [1.29, 1.82) is 0 Å². The molecular formula is C15H14N2. The summed E-state index contributed by atoms with van der Waals surface area (Å²) >= 11 is 0. The van der Waals surface area contributed by atoms with Crippen molar-refractivity contribution in [3.05, 3.63) is 65.0 Å². The lowest BCUT2D eigenvalue weighted by atomic mass is 9.96. The summed E-state index contributed by atoms with van der Waals surface area (Å²) in [7, 11) is 1.99.